The minimum atomic E-state index is 0.249. The van der Waals surface area contributed by atoms with Crippen LogP contribution in [0.5, 0.6) is 0 Å². The first-order valence-corrected chi connectivity index (χ1v) is 5.89. The molecule has 0 saturated heterocycles. The van der Waals surface area contributed by atoms with Crippen LogP contribution in [-0.4, -0.2) is 15.6 Å². The third kappa shape index (κ3) is 2.62. The Morgan fingerprint density at radius 2 is 2.43 bits per heavy atom. The van der Waals surface area contributed by atoms with E-state index in [9.17, 15) is 0 Å². The summed E-state index contributed by atoms with van der Waals surface area (Å²) in [6.07, 6.45) is 7.95. The molecule has 1 aliphatic carbocycles. The van der Waals surface area contributed by atoms with E-state index in [0.29, 0.717) is 0 Å². The lowest BCUT2D eigenvalue weighted by Crippen LogP contribution is -2.16. The maximum atomic E-state index is 5.94. The molecule has 0 amide bonds. The molecule has 0 bridgehead atoms. The highest BCUT2D eigenvalue weighted by molar-refractivity contribution is 7.03. The van der Waals surface area contributed by atoms with Gasteiger partial charge in [0.2, 0.25) is 0 Å². The summed E-state index contributed by atoms with van der Waals surface area (Å²) >= 11 is 1.41. The Morgan fingerprint density at radius 1 is 1.50 bits per heavy atom. The third-order valence-corrected chi connectivity index (χ3v) is 3.10. The van der Waals surface area contributed by atoms with E-state index < -0.39 is 0 Å². The molecule has 1 heterocycles. The van der Waals surface area contributed by atoms with E-state index in [2.05, 4.69) is 15.7 Å². The Morgan fingerprint density at radius 3 is 3.21 bits per heavy atom. The topological polar surface area (TPSA) is 51.8 Å². The molecule has 1 atom stereocenters. The average Bonchev–Trinajstić information content (AvgIpc) is 2.56. The zero-order chi connectivity index (χ0) is 9.80. The summed E-state index contributed by atoms with van der Waals surface area (Å²) in [7, 11) is 0. The van der Waals surface area contributed by atoms with Gasteiger partial charge in [-0.1, -0.05) is 22.6 Å². The quantitative estimate of drug-likeness (QED) is 0.757. The second kappa shape index (κ2) is 4.66. The minimum absolute atomic E-state index is 0.249. The zero-order valence-corrected chi connectivity index (χ0v) is 8.96. The summed E-state index contributed by atoms with van der Waals surface area (Å²) in [5, 5.41) is 6.06. The molecule has 0 fully saturated rings. The summed E-state index contributed by atoms with van der Waals surface area (Å²) in [6.45, 7) is 0. The molecule has 0 aliphatic heterocycles. The molecular formula is C10H15N3S. The van der Waals surface area contributed by atoms with Gasteiger partial charge in [0.05, 0.1) is 5.69 Å². The van der Waals surface area contributed by atoms with Crippen molar-refractivity contribution in [3.63, 3.8) is 0 Å². The van der Waals surface area contributed by atoms with E-state index in [1.54, 1.807) is 0 Å². The summed E-state index contributed by atoms with van der Waals surface area (Å²) < 4.78 is 3.86. The lowest BCUT2D eigenvalue weighted by molar-refractivity contribution is 0.654. The zero-order valence-electron chi connectivity index (χ0n) is 8.15. The maximum Gasteiger partial charge on any atom is 0.0795 e. The van der Waals surface area contributed by atoms with Gasteiger partial charge in [-0.25, -0.2) is 0 Å². The largest absolute Gasteiger partial charge is 0.324 e. The van der Waals surface area contributed by atoms with Crippen molar-refractivity contribution in [2.45, 2.75) is 38.1 Å². The molecule has 0 radical (unpaired) electrons. The summed E-state index contributed by atoms with van der Waals surface area (Å²) in [6, 6.07) is 0.249. The lowest BCUT2D eigenvalue weighted by Gasteiger charge is -2.03. The highest BCUT2D eigenvalue weighted by Gasteiger charge is 2.09. The highest BCUT2D eigenvalue weighted by Crippen LogP contribution is 2.19. The molecule has 1 aromatic heterocycles. The summed E-state index contributed by atoms with van der Waals surface area (Å²) in [5.41, 5.74) is 8.46. The van der Waals surface area contributed by atoms with Gasteiger partial charge in [-0.2, -0.15) is 0 Å². The van der Waals surface area contributed by atoms with E-state index >= 15 is 0 Å². The molecule has 14 heavy (non-hydrogen) atoms. The molecule has 1 aliphatic rings. The standard InChI is InChI=1S/C10H15N3S/c11-9-4-2-1-3-8(5-9)6-10-7-14-13-12-10/h5,7,9H,1-4,6,11H2. The maximum absolute atomic E-state index is 5.94. The Balaban J connectivity index is 2.02. The molecule has 0 spiro atoms. The van der Waals surface area contributed by atoms with Gasteiger partial charge in [0.15, 0.2) is 0 Å². The van der Waals surface area contributed by atoms with Crippen molar-refractivity contribution >= 4 is 11.5 Å². The van der Waals surface area contributed by atoms with Crippen molar-refractivity contribution in [3.05, 3.63) is 22.7 Å². The van der Waals surface area contributed by atoms with Crippen LogP contribution in [0.4, 0.5) is 0 Å². The highest BCUT2D eigenvalue weighted by atomic mass is 32.1. The molecule has 76 valence electrons. The number of hydrogen-bond donors (Lipinski definition) is 1. The number of hydrogen-bond acceptors (Lipinski definition) is 4. The average molecular weight is 209 g/mol. The van der Waals surface area contributed by atoms with Gasteiger partial charge in [0, 0.05) is 17.8 Å². The first kappa shape index (κ1) is 9.80. The van der Waals surface area contributed by atoms with Crippen molar-refractivity contribution in [2.75, 3.05) is 0 Å². The van der Waals surface area contributed by atoms with E-state index in [1.807, 2.05) is 5.38 Å². The lowest BCUT2D eigenvalue weighted by atomic mass is 10.1. The van der Waals surface area contributed by atoms with E-state index in [4.69, 9.17) is 5.73 Å². The normalized spacial score (nSPS) is 22.9. The van der Waals surface area contributed by atoms with Crippen LogP contribution >= 0.6 is 11.5 Å². The Bertz CT molecular complexity index is 305. The van der Waals surface area contributed by atoms with Crippen LogP contribution in [0, 0.1) is 0 Å². The Labute approximate surface area is 88.2 Å². The number of allylic oxidation sites excluding steroid dienone is 1. The van der Waals surface area contributed by atoms with Gasteiger partial charge in [-0.15, -0.1) is 5.10 Å². The summed E-state index contributed by atoms with van der Waals surface area (Å²) in [5.74, 6) is 0. The van der Waals surface area contributed by atoms with Gasteiger partial charge >= 0.3 is 0 Å². The van der Waals surface area contributed by atoms with Crippen molar-refractivity contribution in [1.82, 2.24) is 9.59 Å². The number of aromatic nitrogens is 2. The molecule has 1 aromatic rings. The van der Waals surface area contributed by atoms with Gasteiger partial charge in [-0.05, 0) is 30.8 Å². The second-order valence-corrected chi connectivity index (χ2v) is 4.42. The molecule has 0 saturated carbocycles. The fraction of sp³-hybridized carbons (Fsp3) is 0.600. The van der Waals surface area contributed by atoms with Crippen LogP contribution in [0.1, 0.15) is 31.4 Å². The SMILES string of the molecule is NC1C=C(Cc2csnn2)CCCC1. The molecule has 2 N–H and O–H groups in total. The van der Waals surface area contributed by atoms with Crippen LogP contribution in [-0.2, 0) is 6.42 Å². The number of rotatable bonds is 2. The monoisotopic (exact) mass is 209 g/mol. The van der Waals surface area contributed by atoms with Crippen LogP contribution in [0.2, 0.25) is 0 Å². The Kier molecular flexibility index (Phi) is 3.26. The van der Waals surface area contributed by atoms with Crippen molar-refractivity contribution in [2.24, 2.45) is 5.73 Å². The van der Waals surface area contributed by atoms with Crippen LogP contribution in [0.15, 0.2) is 17.0 Å². The smallest absolute Gasteiger partial charge is 0.0795 e. The molecular weight excluding hydrogens is 194 g/mol. The van der Waals surface area contributed by atoms with Gasteiger partial charge in [0.1, 0.15) is 0 Å². The van der Waals surface area contributed by atoms with Crippen molar-refractivity contribution < 1.29 is 0 Å². The van der Waals surface area contributed by atoms with Crippen LogP contribution in [0.25, 0.3) is 0 Å². The minimum Gasteiger partial charge on any atom is -0.324 e. The fourth-order valence-corrected chi connectivity index (χ4v) is 2.29. The third-order valence-electron chi connectivity index (χ3n) is 2.55. The molecule has 1 unspecified atom stereocenters. The number of nitrogens with two attached hydrogens (primary N) is 1. The predicted octanol–water partition coefficient (Wildman–Crippen LogP) is 1.91. The molecule has 3 nitrogen and oxygen atoms in total. The second-order valence-electron chi connectivity index (χ2n) is 3.81. The van der Waals surface area contributed by atoms with Crippen molar-refractivity contribution in [3.8, 4) is 0 Å². The Hall–Kier alpha value is -0.740. The molecule has 2 rings (SSSR count). The predicted molar refractivity (Wildman–Crippen MR) is 58.1 cm³/mol. The first-order valence-electron chi connectivity index (χ1n) is 5.05. The van der Waals surface area contributed by atoms with E-state index in [1.165, 1.54) is 36.4 Å². The van der Waals surface area contributed by atoms with Gasteiger partial charge < -0.3 is 5.73 Å². The first-order chi connectivity index (χ1) is 6.84. The van der Waals surface area contributed by atoms with Crippen molar-refractivity contribution in [1.29, 1.82) is 0 Å². The number of nitrogens with zero attached hydrogens (tertiary/aromatic N) is 2. The van der Waals surface area contributed by atoms with E-state index in [0.717, 1.165) is 18.5 Å². The summed E-state index contributed by atoms with van der Waals surface area (Å²) in [4.78, 5) is 0. The van der Waals surface area contributed by atoms with Gasteiger partial charge in [-0.3, -0.25) is 0 Å². The molecule has 4 heteroatoms. The molecule has 0 aromatic carbocycles. The van der Waals surface area contributed by atoms with Gasteiger partial charge in [0.25, 0.3) is 0 Å². The van der Waals surface area contributed by atoms with E-state index in [-0.39, 0.29) is 6.04 Å². The van der Waals surface area contributed by atoms with Crippen LogP contribution < -0.4 is 5.73 Å². The van der Waals surface area contributed by atoms with Crippen LogP contribution in [0.3, 0.4) is 0 Å². The fourth-order valence-electron chi connectivity index (χ4n) is 1.84.